The molecule has 0 bridgehead atoms. The first-order valence-electron chi connectivity index (χ1n) is 11.1. The maximum Gasteiger partial charge on any atom is 0.305 e. The number of hydrogen-bond donors (Lipinski definition) is 0. The quantitative estimate of drug-likeness (QED) is 0.309. The van der Waals surface area contributed by atoms with Gasteiger partial charge in [-0.15, -0.1) is 0 Å². The van der Waals surface area contributed by atoms with Crippen LogP contribution in [-0.2, 0) is 20.7 Å². The van der Waals surface area contributed by atoms with Crippen molar-refractivity contribution >= 4 is 11.7 Å². The van der Waals surface area contributed by atoms with Gasteiger partial charge in [-0.05, 0) is 62.0 Å². The molecule has 3 rings (SSSR count). The summed E-state index contributed by atoms with van der Waals surface area (Å²) in [5.74, 6) is 2.69. The molecule has 0 aromatic heterocycles. The largest absolute Gasteiger partial charge is 0.493 e. The molecule has 1 heterocycles. The third-order valence-corrected chi connectivity index (χ3v) is 5.50. The van der Waals surface area contributed by atoms with Gasteiger partial charge in [0.25, 0.3) is 0 Å². The van der Waals surface area contributed by atoms with Crippen LogP contribution in [0.4, 0.5) is 0 Å². The van der Waals surface area contributed by atoms with Crippen LogP contribution in [0, 0.1) is 0 Å². The summed E-state index contributed by atoms with van der Waals surface area (Å²) in [5.41, 5.74) is 3.66. The van der Waals surface area contributed by atoms with E-state index in [0.717, 1.165) is 61.4 Å². The highest BCUT2D eigenvalue weighted by molar-refractivity contribution is 5.69. The standard InChI is InChI=1S/C27H32O4/c1-21-23(16-17-26(31-21)24-12-6-4-7-13-24)18-19-30-25-14-9-11-22(20-25)10-5-3-8-15-27(28)29-2/h4,6-7,9,11-14,17,20H,3,5,8,10,15-16,18-19H2,1-2H3. The summed E-state index contributed by atoms with van der Waals surface area (Å²) in [6.07, 6.45) is 8.34. The first-order chi connectivity index (χ1) is 15.2. The predicted octanol–water partition coefficient (Wildman–Crippen LogP) is 6.47. The van der Waals surface area contributed by atoms with Crippen LogP contribution < -0.4 is 4.74 Å². The van der Waals surface area contributed by atoms with Gasteiger partial charge in [-0.25, -0.2) is 0 Å². The highest BCUT2D eigenvalue weighted by Crippen LogP contribution is 2.29. The number of rotatable bonds is 11. The van der Waals surface area contributed by atoms with E-state index in [4.69, 9.17) is 9.47 Å². The number of allylic oxidation sites excluding steroid dienone is 2. The normalized spacial score (nSPS) is 13.4. The van der Waals surface area contributed by atoms with Crippen LogP contribution in [0.2, 0.25) is 0 Å². The summed E-state index contributed by atoms with van der Waals surface area (Å²) < 4.78 is 16.7. The van der Waals surface area contributed by atoms with Gasteiger partial charge >= 0.3 is 5.97 Å². The van der Waals surface area contributed by atoms with Crippen LogP contribution in [0.25, 0.3) is 5.76 Å². The fourth-order valence-corrected chi connectivity index (χ4v) is 3.66. The zero-order chi connectivity index (χ0) is 21.9. The van der Waals surface area contributed by atoms with Crippen molar-refractivity contribution in [2.75, 3.05) is 13.7 Å². The fraction of sp³-hybridized carbons (Fsp3) is 0.370. The number of carbonyl (C=O) groups excluding carboxylic acids is 1. The Labute approximate surface area is 185 Å². The van der Waals surface area contributed by atoms with Crippen LogP contribution >= 0.6 is 0 Å². The third-order valence-electron chi connectivity index (χ3n) is 5.50. The summed E-state index contributed by atoms with van der Waals surface area (Å²) in [6.45, 7) is 2.67. The molecule has 0 unspecified atom stereocenters. The average molecular weight is 421 g/mol. The lowest BCUT2D eigenvalue weighted by Crippen LogP contribution is -2.05. The van der Waals surface area contributed by atoms with Crippen molar-refractivity contribution in [1.82, 2.24) is 0 Å². The van der Waals surface area contributed by atoms with Crippen molar-refractivity contribution in [3.05, 3.63) is 83.1 Å². The first-order valence-corrected chi connectivity index (χ1v) is 11.1. The molecule has 0 radical (unpaired) electrons. The molecular formula is C27H32O4. The number of benzene rings is 2. The topological polar surface area (TPSA) is 44.8 Å². The van der Waals surface area contributed by atoms with Gasteiger partial charge in [0.15, 0.2) is 0 Å². The Bertz CT molecular complexity index is 912. The van der Waals surface area contributed by atoms with Crippen molar-refractivity contribution in [2.45, 2.75) is 51.9 Å². The Balaban J connectivity index is 1.40. The van der Waals surface area contributed by atoms with Crippen molar-refractivity contribution in [3.8, 4) is 5.75 Å². The van der Waals surface area contributed by atoms with Gasteiger partial charge in [0, 0.05) is 18.4 Å². The molecule has 2 aromatic carbocycles. The Kier molecular flexibility index (Phi) is 8.77. The van der Waals surface area contributed by atoms with Gasteiger partial charge in [-0.2, -0.15) is 0 Å². The van der Waals surface area contributed by atoms with Gasteiger partial charge in [-0.3, -0.25) is 4.79 Å². The molecule has 2 aromatic rings. The fourth-order valence-electron chi connectivity index (χ4n) is 3.66. The maximum atomic E-state index is 11.2. The molecule has 0 spiro atoms. The molecule has 1 aliphatic heterocycles. The van der Waals surface area contributed by atoms with Gasteiger partial charge < -0.3 is 14.2 Å². The van der Waals surface area contributed by atoms with E-state index >= 15 is 0 Å². The summed E-state index contributed by atoms with van der Waals surface area (Å²) in [4.78, 5) is 11.2. The molecule has 0 N–H and O–H groups in total. The van der Waals surface area contributed by atoms with E-state index in [1.54, 1.807) is 0 Å². The highest BCUT2D eigenvalue weighted by Gasteiger charge is 2.14. The number of esters is 1. The molecule has 164 valence electrons. The van der Waals surface area contributed by atoms with Gasteiger partial charge in [0.2, 0.25) is 0 Å². The lowest BCUT2D eigenvalue weighted by atomic mass is 10.0. The Morgan fingerprint density at radius 1 is 1.00 bits per heavy atom. The second kappa shape index (κ2) is 12.0. The average Bonchev–Trinajstić information content (AvgIpc) is 2.80. The summed E-state index contributed by atoms with van der Waals surface area (Å²) >= 11 is 0. The zero-order valence-electron chi connectivity index (χ0n) is 18.6. The van der Waals surface area contributed by atoms with Crippen LogP contribution in [0.15, 0.2) is 72.0 Å². The van der Waals surface area contributed by atoms with E-state index in [9.17, 15) is 4.79 Å². The van der Waals surface area contributed by atoms with Gasteiger partial charge in [-0.1, -0.05) is 48.9 Å². The number of unbranched alkanes of at least 4 members (excludes halogenated alkanes) is 2. The molecule has 1 aliphatic rings. The second-order valence-corrected chi connectivity index (χ2v) is 7.78. The molecule has 31 heavy (non-hydrogen) atoms. The maximum absolute atomic E-state index is 11.2. The molecule has 0 saturated heterocycles. The van der Waals surface area contributed by atoms with E-state index in [0.29, 0.717) is 13.0 Å². The van der Waals surface area contributed by atoms with Crippen molar-refractivity contribution in [3.63, 3.8) is 0 Å². The SMILES string of the molecule is COC(=O)CCCCCc1cccc(OCCC2=C(C)OC(c3ccccc3)=CC2)c1. The number of hydrogen-bond acceptors (Lipinski definition) is 4. The van der Waals surface area contributed by atoms with Crippen LogP contribution in [0.5, 0.6) is 5.75 Å². The van der Waals surface area contributed by atoms with E-state index in [2.05, 4.69) is 35.1 Å². The molecule has 4 heteroatoms. The van der Waals surface area contributed by atoms with E-state index < -0.39 is 0 Å². The van der Waals surface area contributed by atoms with Gasteiger partial charge in [0.1, 0.15) is 17.3 Å². The van der Waals surface area contributed by atoms with E-state index in [1.165, 1.54) is 18.2 Å². The van der Waals surface area contributed by atoms with Crippen molar-refractivity contribution in [2.24, 2.45) is 0 Å². The minimum atomic E-state index is -0.129. The highest BCUT2D eigenvalue weighted by atomic mass is 16.5. The molecule has 0 fully saturated rings. The minimum absolute atomic E-state index is 0.129. The molecule has 4 nitrogen and oxygen atoms in total. The third kappa shape index (κ3) is 7.32. The Morgan fingerprint density at radius 2 is 1.84 bits per heavy atom. The van der Waals surface area contributed by atoms with Crippen LogP contribution in [0.1, 0.15) is 56.6 Å². The van der Waals surface area contributed by atoms with Gasteiger partial charge in [0.05, 0.1) is 13.7 Å². The monoisotopic (exact) mass is 420 g/mol. The Hall–Kier alpha value is -3.01. The number of methoxy groups -OCH3 is 1. The molecular weight excluding hydrogens is 388 g/mol. The zero-order valence-corrected chi connectivity index (χ0v) is 18.6. The van der Waals surface area contributed by atoms with Crippen molar-refractivity contribution in [1.29, 1.82) is 0 Å². The van der Waals surface area contributed by atoms with Crippen LogP contribution in [0.3, 0.4) is 0 Å². The van der Waals surface area contributed by atoms with Crippen molar-refractivity contribution < 1.29 is 19.0 Å². The summed E-state index contributed by atoms with van der Waals surface area (Å²) in [6, 6.07) is 18.5. The summed E-state index contributed by atoms with van der Waals surface area (Å²) in [7, 11) is 1.44. The minimum Gasteiger partial charge on any atom is -0.493 e. The molecule has 0 amide bonds. The number of ether oxygens (including phenoxy) is 3. The van der Waals surface area contributed by atoms with E-state index in [1.807, 2.05) is 37.3 Å². The summed E-state index contributed by atoms with van der Waals surface area (Å²) in [5, 5.41) is 0. The predicted molar refractivity (Wildman–Crippen MR) is 124 cm³/mol. The molecule has 0 saturated carbocycles. The lowest BCUT2D eigenvalue weighted by molar-refractivity contribution is -0.140. The molecule has 0 atom stereocenters. The second-order valence-electron chi connectivity index (χ2n) is 7.78. The van der Waals surface area contributed by atoms with Crippen LogP contribution in [-0.4, -0.2) is 19.7 Å². The number of aryl methyl sites for hydroxylation is 1. The smallest absolute Gasteiger partial charge is 0.305 e. The molecule has 0 aliphatic carbocycles. The number of carbonyl (C=O) groups is 1. The lowest BCUT2D eigenvalue weighted by Gasteiger charge is -2.20. The first kappa shape index (κ1) is 22.7. The Morgan fingerprint density at radius 3 is 2.61 bits per heavy atom. The van der Waals surface area contributed by atoms with E-state index in [-0.39, 0.29) is 5.97 Å².